The molecule has 3 heterocycles. The highest BCUT2D eigenvalue weighted by molar-refractivity contribution is 5.91. The smallest absolute Gasteiger partial charge is 0.289 e. The molecule has 1 amide bonds. The molecular weight excluding hydrogens is 310 g/mol. The quantitative estimate of drug-likeness (QED) is 0.796. The van der Waals surface area contributed by atoms with Crippen LogP contribution in [0.4, 0.5) is 0 Å². The lowest BCUT2D eigenvalue weighted by Gasteiger charge is -2.10. The van der Waals surface area contributed by atoms with E-state index < -0.39 is 0 Å². The van der Waals surface area contributed by atoms with Crippen molar-refractivity contribution in [3.63, 3.8) is 0 Å². The molecule has 1 aromatic carbocycles. The molecule has 0 saturated carbocycles. The van der Waals surface area contributed by atoms with Crippen LogP contribution >= 0.6 is 0 Å². The maximum absolute atomic E-state index is 12.2. The summed E-state index contributed by atoms with van der Waals surface area (Å²) in [6.07, 6.45) is 1.41. The normalized spacial score (nSPS) is 15.8. The fraction of sp³-hybridized carbons (Fsp3) is 0.235. The molecule has 0 aliphatic carbocycles. The number of nitrogens with one attached hydrogen (secondary N) is 1. The lowest BCUT2D eigenvalue weighted by Crippen LogP contribution is -2.29. The van der Waals surface area contributed by atoms with E-state index in [1.54, 1.807) is 6.92 Å². The third-order valence-electron chi connectivity index (χ3n) is 3.87. The van der Waals surface area contributed by atoms with Gasteiger partial charge in [-0.1, -0.05) is 17.3 Å². The van der Waals surface area contributed by atoms with Gasteiger partial charge in [0.1, 0.15) is 23.8 Å². The van der Waals surface area contributed by atoms with Crippen molar-refractivity contribution in [1.82, 2.24) is 15.5 Å². The van der Waals surface area contributed by atoms with E-state index in [4.69, 9.17) is 13.7 Å². The summed E-state index contributed by atoms with van der Waals surface area (Å²) in [5.74, 6) is 1.81. The fourth-order valence-electron chi connectivity index (χ4n) is 2.69. The molecule has 7 heteroatoms. The van der Waals surface area contributed by atoms with Crippen LogP contribution in [0.1, 0.15) is 33.8 Å². The Labute approximate surface area is 137 Å². The summed E-state index contributed by atoms with van der Waals surface area (Å²) in [7, 11) is 0. The van der Waals surface area contributed by atoms with Crippen molar-refractivity contribution >= 4 is 5.91 Å². The highest BCUT2D eigenvalue weighted by atomic mass is 16.5. The number of carbonyl (C=O) groups is 1. The lowest BCUT2D eigenvalue weighted by atomic mass is 10.0. The van der Waals surface area contributed by atoms with Crippen LogP contribution in [0.3, 0.4) is 0 Å². The number of carbonyl (C=O) groups excluding carboxylic acids is 1. The van der Waals surface area contributed by atoms with E-state index in [0.717, 1.165) is 28.3 Å². The second kappa shape index (κ2) is 5.52. The molecule has 0 bridgehead atoms. The number of aryl methyl sites for hydroxylation is 2. The molecule has 0 radical (unpaired) electrons. The third kappa shape index (κ3) is 2.54. The van der Waals surface area contributed by atoms with Crippen LogP contribution in [0.2, 0.25) is 0 Å². The van der Waals surface area contributed by atoms with Crippen molar-refractivity contribution in [3.05, 3.63) is 53.4 Å². The van der Waals surface area contributed by atoms with Crippen molar-refractivity contribution < 1.29 is 18.5 Å². The standard InChI is InChI=1S/C17H15N3O4/c1-9-5-13(20-24-9)11-3-4-12-14(8-22-15(12)6-11)19-17(21)16-7-18-10(2)23-16/h3-7,14H,8H2,1-2H3,(H,19,21). The lowest BCUT2D eigenvalue weighted by molar-refractivity contribution is 0.0901. The number of rotatable bonds is 3. The van der Waals surface area contributed by atoms with Gasteiger partial charge in [0.2, 0.25) is 5.76 Å². The average Bonchev–Trinajstić information content (AvgIpc) is 3.28. The Hall–Kier alpha value is -3.09. The molecule has 4 rings (SSSR count). The highest BCUT2D eigenvalue weighted by Gasteiger charge is 2.27. The third-order valence-corrected chi connectivity index (χ3v) is 3.87. The molecule has 1 unspecified atom stereocenters. The Morgan fingerprint density at radius 2 is 2.17 bits per heavy atom. The molecule has 1 atom stereocenters. The van der Waals surface area contributed by atoms with Crippen LogP contribution in [0.15, 0.2) is 39.4 Å². The van der Waals surface area contributed by atoms with Gasteiger partial charge in [-0.25, -0.2) is 4.98 Å². The van der Waals surface area contributed by atoms with Gasteiger partial charge in [-0.2, -0.15) is 0 Å². The number of fused-ring (bicyclic) bond motifs is 1. The topological polar surface area (TPSA) is 90.4 Å². The number of aromatic nitrogens is 2. The number of oxazole rings is 1. The van der Waals surface area contributed by atoms with Crippen molar-refractivity contribution in [2.75, 3.05) is 6.61 Å². The molecule has 0 fully saturated rings. The summed E-state index contributed by atoms with van der Waals surface area (Å²) in [5.41, 5.74) is 2.58. The van der Waals surface area contributed by atoms with Gasteiger partial charge in [0.25, 0.3) is 5.91 Å². The highest BCUT2D eigenvalue weighted by Crippen LogP contribution is 2.35. The predicted molar refractivity (Wildman–Crippen MR) is 83.6 cm³/mol. The molecule has 2 aromatic heterocycles. The van der Waals surface area contributed by atoms with E-state index in [1.807, 2.05) is 31.2 Å². The van der Waals surface area contributed by atoms with Crippen LogP contribution in [0.25, 0.3) is 11.3 Å². The minimum atomic E-state index is -0.312. The summed E-state index contributed by atoms with van der Waals surface area (Å²) >= 11 is 0. The number of hydrogen-bond acceptors (Lipinski definition) is 6. The summed E-state index contributed by atoms with van der Waals surface area (Å²) in [4.78, 5) is 16.1. The van der Waals surface area contributed by atoms with Gasteiger partial charge in [0.05, 0.1) is 12.2 Å². The number of hydrogen-bond donors (Lipinski definition) is 1. The van der Waals surface area contributed by atoms with E-state index in [2.05, 4.69) is 15.5 Å². The van der Waals surface area contributed by atoms with Gasteiger partial charge >= 0.3 is 0 Å². The van der Waals surface area contributed by atoms with E-state index in [1.165, 1.54) is 6.20 Å². The van der Waals surface area contributed by atoms with Crippen LogP contribution in [-0.4, -0.2) is 22.7 Å². The van der Waals surface area contributed by atoms with Gasteiger partial charge in [0, 0.05) is 24.1 Å². The first kappa shape index (κ1) is 14.5. The zero-order valence-electron chi connectivity index (χ0n) is 13.2. The molecule has 0 spiro atoms. The molecular formula is C17H15N3O4. The molecule has 122 valence electrons. The maximum Gasteiger partial charge on any atom is 0.289 e. The van der Waals surface area contributed by atoms with Gasteiger partial charge < -0.3 is 19.0 Å². The molecule has 3 aromatic rings. The fourth-order valence-corrected chi connectivity index (χ4v) is 2.69. The minimum Gasteiger partial charge on any atom is -0.491 e. The second-order valence-electron chi connectivity index (χ2n) is 5.66. The van der Waals surface area contributed by atoms with Gasteiger partial charge in [-0.3, -0.25) is 4.79 Å². The predicted octanol–water partition coefficient (Wildman–Crippen LogP) is 2.81. The van der Waals surface area contributed by atoms with Crippen molar-refractivity contribution in [1.29, 1.82) is 0 Å². The Kier molecular flexibility index (Phi) is 3.34. The van der Waals surface area contributed by atoms with Gasteiger partial charge in [-0.15, -0.1) is 0 Å². The summed E-state index contributed by atoms with van der Waals surface area (Å²) < 4.78 is 16.0. The number of ether oxygens (including phenoxy) is 1. The molecule has 7 nitrogen and oxygen atoms in total. The van der Waals surface area contributed by atoms with E-state index in [0.29, 0.717) is 12.5 Å². The largest absolute Gasteiger partial charge is 0.491 e. The Balaban J connectivity index is 1.55. The zero-order chi connectivity index (χ0) is 16.7. The van der Waals surface area contributed by atoms with E-state index in [-0.39, 0.29) is 17.7 Å². The summed E-state index contributed by atoms with van der Waals surface area (Å²) in [6, 6.07) is 7.39. The van der Waals surface area contributed by atoms with Crippen molar-refractivity contribution in [2.45, 2.75) is 19.9 Å². The average molecular weight is 325 g/mol. The first-order valence-corrected chi connectivity index (χ1v) is 7.54. The van der Waals surface area contributed by atoms with E-state index >= 15 is 0 Å². The Morgan fingerprint density at radius 1 is 1.29 bits per heavy atom. The SMILES string of the molecule is Cc1cc(-c2ccc3c(c2)OCC3NC(=O)c2cnc(C)o2)no1. The van der Waals surface area contributed by atoms with Gasteiger partial charge in [-0.05, 0) is 13.0 Å². The molecule has 1 aliphatic rings. The number of amides is 1. The first-order valence-electron chi connectivity index (χ1n) is 7.54. The molecule has 24 heavy (non-hydrogen) atoms. The summed E-state index contributed by atoms with van der Waals surface area (Å²) in [6.45, 7) is 3.91. The molecule has 0 saturated heterocycles. The Bertz CT molecular complexity index is 912. The number of benzene rings is 1. The van der Waals surface area contributed by atoms with Crippen molar-refractivity contribution in [2.24, 2.45) is 0 Å². The molecule has 1 N–H and O–H groups in total. The van der Waals surface area contributed by atoms with E-state index in [9.17, 15) is 4.79 Å². The van der Waals surface area contributed by atoms with Crippen LogP contribution in [0.5, 0.6) is 5.75 Å². The van der Waals surface area contributed by atoms with Crippen LogP contribution in [-0.2, 0) is 0 Å². The maximum atomic E-state index is 12.2. The minimum absolute atomic E-state index is 0.190. The van der Waals surface area contributed by atoms with Crippen molar-refractivity contribution in [3.8, 4) is 17.0 Å². The first-order chi connectivity index (χ1) is 11.6. The monoisotopic (exact) mass is 325 g/mol. The summed E-state index contributed by atoms with van der Waals surface area (Å²) in [5, 5.41) is 6.90. The number of nitrogens with zero attached hydrogens (tertiary/aromatic N) is 2. The van der Waals surface area contributed by atoms with Crippen LogP contribution < -0.4 is 10.1 Å². The Morgan fingerprint density at radius 3 is 2.88 bits per heavy atom. The molecule has 1 aliphatic heterocycles. The van der Waals surface area contributed by atoms with Crippen LogP contribution in [0, 0.1) is 13.8 Å². The van der Waals surface area contributed by atoms with Gasteiger partial charge in [0.15, 0.2) is 5.89 Å². The zero-order valence-corrected chi connectivity index (χ0v) is 13.2. The second-order valence-corrected chi connectivity index (χ2v) is 5.66.